The highest BCUT2D eigenvalue weighted by atomic mass is 32.2. The van der Waals surface area contributed by atoms with E-state index in [2.05, 4.69) is 17.0 Å². The van der Waals surface area contributed by atoms with Crippen LogP contribution < -0.4 is 10.0 Å². The summed E-state index contributed by atoms with van der Waals surface area (Å²) in [5.41, 5.74) is 1.96. The Kier molecular flexibility index (Phi) is 8.47. The molecule has 0 saturated carbocycles. The largest absolute Gasteiger partial charge is 0.380 e. The Hall–Kier alpha value is -2.38. The lowest BCUT2D eigenvalue weighted by atomic mass is 10.1. The minimum absolute atomic E-state index is 0.0417. The summed E-state index contributed by atoms with van der Waals surface area (Å²) >= 11 is 0. The van der Waals surface area contributed by atoms with Crippen LogP contribution in [0.15, 0.2) is 53.4 Å². The van der Waals surface area contributed by atoms with Gasteiger partial charge in [-0.3, -0.25) is 9.52 Å². The van der Waals surface area contributed by atoms with Crippen LogP contribution in [0.1, 0.15) is 42.6 Å². The summed E-state index contributed by atoms with van der Waals surface area (Å²) in [4.78, 5) is 12.2. The second-order valence-corrected chi connectivity index (χ2v) is 8.07. The normalized spacial score (nSPS) is 11.2. The smallest absolute Gasteiger partial charge is 0.261 e. The third-order valence-corrected chi connectivity index (χ3v) is 5.55. The number of anilines is 1. The fraction of sp³-hybridized carbons (Fsp3) is 0.381. The number of unbranched alkanes of at least 4 members (excludes halogenated alkanes) is 1. The quantitative estimate of drug-likeness (QED) is 0.561. The van der Waals surface area contributed by atoms with Crippen molar-refractivity contribution in [1.82, 2.24) is 5.32 Å². The maximum atomic E-state index is 12.7. The van der Waals surface area contributed by atoms with Crippen LogP contribution in [0.3, 0.4) is 0 Å². The van der Waals surface area contributed by atoms with Crippen molar-refractivity contribution < 1.29 is 17.9 Å². The molecule has 2 aromatic carbocycles. The summed E-state index contributed by atoms with van der Waals surface area (Å²) in [5.74, 6) is -0.336. The molecule has 0 aliphatic heterocycles. The van der Waals surface area contributed by atoms with Crippen LogP contribution in [0.5, 0.6) is 0 Å². The first-order chi connectivity index (χ1) is 13.5. The maximum Gasteiger partial charge on any atom is 0.261 e. The molecule has 28 heavy (non-hydrogen) atoms. The van der Waals surface area contributed by atoms with E-state index in [0.717, 1.165) is 19.3 Å². The van der Waals surface area contributed by atoms with Crippen LogP contribution >= 0.6 is 0 Å². The van der Waals surface area contributed by atoms with Crippen LogP contribution in [0.25, 0.3) is 0 Å². The molecule has 2 N–H and O–H groups in total. The summed E-state index contributed by atoms with van der Waals surface area (Å²) in [7, 11) is -3.78. The number of nitrogens with one attached hydrogen (secondary N) is 2. The van der Waals surface area contributed by atoms with Crippen LogP contribution in [0.4, 0.5) is 5.69 Å². The molecular weight excluding hydrogens is 376 g/mol. The van der Waals surface area contributed by atoms with Gasteiger partial charge in [0.2, 0.25) is 0 Å². The predicted octanol–water partition coefficient (Wildman–Crippen LogP) is 3.60. The number of benzene rings is 2. The zero-order valence-corrected chi connectivity index (χ0v) is 17.2. The summed E-state index contributed by atoms with van der Waals surface area (Å²) in [5, 5.41) is 2.71. The number of aryl methyl sites for hydroxylation is 1. The molecule has 152 valence electrons. The zero-order chi connectivity index (χ0) is 20.4. The lowest BCUT2D eigenvalue weighted by molar-refractivity contribution is 0.0922. The molecule has 0 unspecified atom stereocenters. The number of rotatable bonds is 11. The molecule has 0 spiro atoms. The van der Waals surface area contributed by atoms with Gasteiger partial charge < -0.3 is 10.1 Å². The number of carbonyl (C=O) groups excluding carboxylic acids is 1. The van der Waals surface area contributed by atoms with Gasteiger partial charge in [0.05, 0.1) is 11.5 Å². The lowest BCUT2D eigenvalue weighted by Crippen LogP contribution is -2.27. The van der Waals surface area contributed by atoms with Gasteiger partial charge in [-0.2, -0.15) is 0 Å². The SMILES string of the molecule is CCCCc1ccc(NS(=O)(=O)c2cccc(C(=O)NCCOCC)c2)cc1. The van der Waals surface area contributed by atoms with Crippen molar-refractivity contribution in [3.05, 3.63) is 59.7 Å². The monoisotopic (exact) mass is 404 g/mol. The van der Waals surface area contributed by atoms with Gasteiger partial charge in [0.15, 0.2) is 0 Å². The van der Waals surface area contributed by atoms with Crippen LogP contribution in [0.2, 0.25) is 0 Å². The highest BCUT2D eigenvalue weighted by Crippen LogP contribution is 2.18. The van der Waals surface area contributed by atoms with Crippen molar-refractivity contribution >= 4 is 21.6 Å². The van der Waals surface area contributed by atoms with E-state index in [0.29, 0.717) is 25.4 Å². The number of ether oxygens (including phenoxy) is 1. The Bertz CT molecular complexity index is 864. The fourth-order valence-corrected chi connectivity index (χ4v) is 3.73. The molecule has 2 rings (SSSR count). The number of sulfonamides is 1. The Labute approximate surface area is 167 Å². The van der Waals surface area contributed by atoms with Crippen LogP contribution in [-0.2, 0) is 21.2 Å². The second kappa shape index (κ2) is 10.8. The van der Waals surface area contributed by atoms with Gasteiger partial charge in [-0.25, -0.2) is 8.42 Å². The topological polar surface area (TPSA) is 84.5 Å². The lowest BCUT2D eigenvalue weighted by Gasteiger charge is -2.10. The molecule has 0 radical (unpaired) electrons. The summed E-state index contributed by atoms with van der Waals surface area (Å²) in [6, 6.07) is 13.3. The van der Waals surface area contributed by atoms with Crippen molar-refractivity contribution in [2.75, 3.05) is 24.5 Å². The van der Waals surface area contributed by atoms with Crippen molar-refractivity contribution in [2.24, 2.45) is 0 Å². The minimum atomic E-state index is -3.78. The molecule has 7 heteroatoms. The molecule has 0 bridgehead atoms. The van der Waals surface area contributed by atoms with Gasteiger partial charge >= 0.3 is 0 Å². The zero-order valence-electron chi connectivity index (χ0n) is 16.4. The molecular formula is C21H28N2O4S. The van der Waals surface area contributed by atoms with E-state index < -0.39 is 10.0 Å². The van der Waals surface area contributed by atoms with E-state index in [9.17, 15) is 13.2 Å². The molecule has 0 aromatic heterocycles. The molecule has 0 aliphatic rings. The van der Waals surface area contributed by atoms with E-state index in [-0.39, 0.29) is 16.4 Å². The number of amides is 1. The molecule has 2 aromatic rings. The van der Waals surface area contributed by atoms with E-state index in [1.54, 1.807) is 24.3 Å². The minimum Gasteiger partial charge on any atom is -0.380 e. The van der Waals surface area contributed by atoms with Gasteiger partial charge in [-0.15, -0.1) is 0 Å². The highest BCUT2D eigenvalue weighted by Gasteiger charge is 2.16. The summed E-state index contributed by atoms with van der Waals surface area (Å²) < 4.78 is 33.1. The second-order valence-electron chi connectivity index (χ2n) is 6.39. The number of carbonyl (C=O) groups is 1. The first kappa shape index (κ1) is 21.9. The summed E-state index contributed by atoms with van der Waals surface area (Å²) in [6.45, 7) is 5.37. The first-order valence-electron chi connectivity index (χ1n) is 9.54. The molecule has 1 amide bonds. The van der Waals surface area contributed by atoms with Gasteiger partial charge in [0.1, 0.15) is 0 Å². The number of hydrogen-bond acceptors (Lipinski definition) is 4. The Morgan fingerprint density at radius 2 is 1.82 bits per heavy atom. The average molecular weight is 405 g/mol. The third-order valence-electron chi connectivity index (χ3n) is 4.17. The Morgan fingerprint density at radius 1 is 1.07 bits per heavy atom. The third kappa shape index (κ3) is 6.65. The van der Waals surface area contributed by atoms with Crippen LogP contribution in [0, 0.1) is 0 Å². The molecule has 0 saturated heterocycles. The van der Waals surface area contributed by atoms with E-state index in [4.69, 9.17) is 4.74 Å². The molecule has 0 atom stereocenters. The Balaban J connectivity index is 2.05. The predicted molar refractivity (Wildman–Crippen MR) is 111 cm³/mol. The standard InChI is InChI=1S/C21H28N2O4S/c1-3-5-7-17-10-12-19(13-11-17)23-28(25,26)20-9-6-8-18(16-20)21(24)22-14-15-27-4-2/h6,8-13,16,23H,3-5,7,14-15H2,1-2H3,(H,22,24). The molecule has 0 aliphatic carbocycles. The van der Waals surface area contributed by atoms with Crippen molar-refractivity contribution in [1.29, 1.82) is 0 Å². The fourth-order valence-electron chi connectivity index (χ4n) is 2.62. The average Bonchev–Trinajstić information content (AvgIpc) is 2.70. The number of hydrogen-bond donors (Lipinski definition) is 2. The van der Waals surface area contributed by atoms with E-state index in [1.807, 2.05) is 19.1 Å². The van der Waals surface area contributed by atoms with Crippen molar-refractivity contribution in [2.45, 2.75) is 38.0 Å². The van der Waals surface area contributed by atoms with Crippen LogP contribution in [-0.4, -0.2) is 34.1 Å². The van der Waals surface area contributed by atoms with Gasteiger partial charge in [-0.1, -0.05) is 31.5 Å². The molecule has 0 fully saturated rings. The summed E-state index contributed by atoms with van der Waals surface area (Å²) in [6.07, 6.45) is 3.19. The van der Waals surface area contributed by atoms with Crippen molar-refractivity contribution in [3.63, 3.8) is 0 Å². The van der Waals surface area contributed by atoms with Gasteiger partial charge in [-0.05, 0) is 55.7 Å². The van der Waals surface area contributed by atoms with Gasteiger partial charge in [0, 0.05) is 24.4 Å². The van der Waals surface area contributed by atoms with E-state index >= 15 is 0 Å². The molecule has 6 nitrogen and oxygen atoms in total. The van der Waals surface area contributed by atoms with Gasteiger partial charge in [0.25, 0.3) is 15.9 Å². The first-order valence-corrected chi connectivity index (χ1v) is 11.0. The van der Waals surface area contributed by atoms with Crippen molar-refractivity contribution in [3.8, 4) is 0 Å². The highest BCUT2D eigenvalue weighted by molar-refractivity contribution is 7.92. The molecule has 0 heterocycles. The maximum absolute atomic E-state index is 12.7. The Morgan fingerprint density at radius 3 is 2.50 bits per heavy atom. The van der Waals surface area contributed by atoms with E-state index in [1.165, 1.54) is 17.7 Å².